The van der Waals surface area contributed by atoms with Crippen molar-refractivity contribution in [1.29, 1.82) is 0 Å². The monoisotopic (exact) mass is 461 g/mol. The Balaban J connectivity index is 1.55. The van der Waals surface area contributed by atoms with Crippen LogP contribution >= 0.6 is 0 Å². The highest BCUT2D eigenvalue weighted by Crippen LogP contribution is 2.35. The first-order chi connectivity index (χ1) is 15.8. The van der Waals surface area contributed by atoms with Gasteiger partial charge in [0.25, 0.3) is 6.43 Å². The second-order valence-corrected chi connectivity index (χ2v) is 8.50. The third kappa shape index (κ3) is 3.84. The zero-order valence-corrected chi connectivity index (χ0v) is 18.0. The molecule has 4 aromatic heterocycles. The number of aliphatic hydroxyl groups is 1. The zero-order valence-electron chi connectivity index (χ0n) is 18.0. The molecule has 1 aliphatic carbocycles. The molecule has 4 heterocycles. The third-order valence-corrected chi connectivity index (χ3v) is 6.05. The quantitative estimate of drug-likeness (QED) is 0.468. The van der Waals surface area contributed by atoms with Crippen molar-refractivity contribution in [2.24, 2.45) is 0 Å². The van der Waals surface area contributed by atoms with E-state index in [0.29, 0.717) is 12.8 Å². The number of imidazole rings is 1. The molecular weight excluding hydrogens is 439 g/mol. The van der Waals surface area contributed by atoms with Crippen molar-refractivity contribution in [1.82, 2.24) is 29.0 Å². The van der Waals surface area contributed by atoms with Crippen LogP contribution in [0.25, 0.3) is 22.4 Å². The Morgan fingerprint density at radius 2 is 1.94 bits per heavy atom. The van der Waals surface area contributed by atoms with E-state index in [4.69, 9.17) is 4.74 Å². The summed E-state index contributed by atoms with van der Waals surface area (Å²) in [5.41, 5.74) is -0.445. The molecule has 1 aliphatic rings. The zero-order chi connectivity index (χ0) is 23.3. The van der Waals surface area contributed by atoms with E-state index >= 15 is 4.39 Å². The van der Waals surface area contributed by atoms with Crippen LogP contribution < -0.4 is 10.1 Å². The van der Waals surface area contributed by atoms with Gasteiger partial charge in [0.15, 0.2) is 5.82 Å². The van der Waals surface area contributed by atoms with Crippen LogP contribution in [0.5, 0.6) is 5.88 Å². The molecule has 0 aliphatic heterocycles. The van der Waals surface area contributed by atoms with Gasteiger partial charge in [-0.1, -0.05) is 0 Å². The fourth-order valence-corrected chi connectivity index (χ4v) is 4.25. The molecular formula is C21H22F3N7O2. The van der Waals surface area contributed by atoms with Gasteiger partial charge in [0.05, 0.1) is 30.7 Å². The Labute approximate surface area is 186 Å². The topological polar surface area (TPSA) is 102 Å². The number of halogens is 3. The molecule has 33 heavy (non-hydrogen) atoms. The molecule has 0 spiro atoms. The van der Waals surface area contributed by atoms with Gasteiger partial charge in [0.2, 0.25) is 17.6 Å². The van der Waals surface area contributed by atoms with Crippen LogP contribution in [-0.4, -0.2) is 52.8 Å². The molecule has 0 atom stereocenters. The van der Waals surface area contributed by atoms with E-state index < -0.39 is 17.8 Å². The molecule has 0 bridgehead atoms. The van der Waals surface area contributed by atoms with E-state index in [2.05, 4.69) is 25.4 Å². The van der Waals surface area contributed by atoms with Crippen LogP contribution in [0.15, 0.2) is 24.8 Å². The lowest BCUT2D eigenvalue weighted by Gasteiger charge is -2.33. The molecule has 0 radical (unpaired) electrons. The number of hydrogen-bond acceptors (Lipinski definition) is 7. The lowest BCUT2D eigenvalue weighted by molar-refractivity contribution is 0.0195. The normalized spacial score (nSPS) is 21.2. The van der Waals surface area contributed by atoms with E-state index in [9.17, 15) is 13.9 Å². The van der Waals surface area contributed by atoms with Gasteiger partial charge < -0.3 is 15.2 Å². The summed E-state index contributed by atoms with van der Waals surface area (Å²) in [5, 5.41) is 17.7. The first kappa shape index (κ1) is 21.4. The maximum absolute atomic E-state index is 15.1. The largest absolute Gasteiger partial charge is 0.479 e. The van der Waals surface area contributed by atoms with Crippen LogP contribution in [0.1, 0.15) is 44.7 Å². The molecule has 1 saturated carbocycles. The van der Waals surface area contributed by atoms with Crippen molar-refractivity contribution in [3.63, 3.8) is 0 Å². The van der Waals surface area contributed by atoms with Crippen molar-refractivity contribution in [2.75, 3.05) is 12.4 Å². The van der Waals surface area contributed by atoms with Crippen molar-refractivity contribution in [2.45, 2.75) is 50.7 Å². The lowest BCUT2D eigenvalue weighted by Crippen LogP contribution is -2.36. The summed E-state index contributed by atoms with van der Waals surface area (Å²) in [7, 11) is 1.41. The van der Waals surface area contributed by atoms with Crippen molar-refractivity contribution in [3.05, 3.63) is 36.3 Å². The minimum Gasteiger partial charge on any atom is -0.479 e. The number of nitrogens with one attached hydrogen (secondary N) is 1. The number of ether oxygens (including phenoxy) is 1. The number of alkyl halides is 2. The fraction of sp³-hybridized carbons (Fsp3) is 0.429. The SMILES string of the molecule is COc1nc(NC2CCC(C)(O)CC2)nn2cc(F)c(-c3cnc4ncc(C(F)F)n4c3)c12. The van der Waals surface area contributed by atoms with E-state index in [-0.39, 0.29) is 46.0 Å². The molecule has 0 saturated heterocycles. The van der Waals surface area contributed by atoms with Crippen LogP contribution in [0, 0.1) is 5.82 Å². The average Bonchev–Trinajstić information content (AvgIpc) is 3.34. The highest BCUT2D eigenvalue weighted by molar-refractivity contribution is 5.84. The molecule has 4 aromatic rings. The number of hydrogen-bond donors (Lipinski definition) is 2. The number of fused-ring (bicyclic) bond motifs is 2. The fourth-order valence-electron chi connectivity index (χ4n) is 4.25. The molecule has 174 valence electrons. The van der Waals surface area contributed by atoms with E-state index in [1.54, 1.807) is 0 Å². The predicted octanol–water partition coefficient (Wildman–Crippen LogP) is 3.63. The second-order valence-electron chi connectivity index (χ2n) is 8.50. The summed E-state index contributed by atoms with van der Waals surface area (Å²) < 4.78 is 49.5. The second kappa shape index (κ2) is 7.87. The molecule has 0 aromatic carbocycles. The first-order valence-electron chi connectivity index (χ1n) is 10.5. The van der Waals surface area contributed by atoms with Gasteiger partial charge in [0, 0.05) is 24.0 Å². The average molecular weight is 461 g/mol. The molecule has 2 N–H and O–H groups in total. The maximum atomic E-state index is 15.1. The molecule has 0 amide bonds. The van der Waals surface area contributed by atoms with Gasteiger partial charge in [-0.25, -0.2) is 27.7 Å². The number of aromatic nitrogens is 6. The highest BCUT2D eigenvalue weighted by atomic mass is 19.3. The third-order valence-electron chi connectivity index (χ3n) is 6.05. The molecule has 5 rings (SSSR count). The van der Waals surface area contributed by atoms with Gasteiger partial charge in [-0.2, -0.15) is 4.98 Å². The summed E-state index contributed by atoms with van der Waals surface area (Å²) >= 11 is 0. The minimum atomic E-state index is -2.76. The van der Waals surface area contributed by atoms with Gasteiger partial charge in [-0.15, -0.1) is 5.10 Å². The predicted molar refractivity (Wildman–Crippen MR) is 113 cm³/mol. The standard InChI is InChI=1S/C21H22F3N7O2/c1-21(32)5-3-12(4-6-21)27-19-28-18(33-2)16-15(13(22)10-31(16)29-19)11-7-25-20-26-8-14(17(23)24)30(20)9-11/h7-10,12,17,32H,3-6H2,1-2H3,(H,27,29). The Kier molecular flexibility index (Phi) is 5.11. The lowest BCUT2D eigenvalue weighted by atomic mass is 9.84. The Morgan fingerprint density at radius 1 is 1.21 bits per heavy atom. The van der Waals surface area contributed by atoms with Gasteiger partial charge in [0.1, 0.15) is 11.2 Å². The van der Waals surface area contributed by atoms with Crippen molar-refractivity contribution in [3.8, 4) is 17.0 Å². The van der Waals surface area contributed by atoms with Crippen molar-refractivity contribution < 1.29 is 23.0 Å². The Bertz CT molecular complexity index is 1320. The summed E-state index contributed by atoms with van der Waals surface area (Å²) in [4.78, 5) is 12.3. The molecule has 1 fully saturated rings. The highest BCUT2D eigenvalue weighted by Gasteiger charge is 2.29. The number of rotatable bonds is 5. The van der Waals surface area contributed by atoms with E-state index in [1.807, 2.05) is 6.92 Å². The van der Waals surface area contributed by atoms with Gasteiger partial charge in [-0.3, -0.25) is 4.40 Å². The Morgan fingerprint density at radius 3 is 2.64 bits per heavy atom. The Hall–Kier alpha value is -3.41. The maximum Gasteiger partial charge on any atom is 0.280 e. The van der Waals surface area contributed by atoms with Crippen LogP contribution in [0.2, 0.25) is 0 Å². The van der Waals surface area contributed by atoms with E-state index in [1.165, 1.54) is 30.2 Å². The number of nitrogens with zero attached hydrogens (tertiary/aromatic N) is 6. The number of methoxy groups -OCH3 is 1. The number of anilines is 1. The summed E-state index contributed by atoms with van der Waals surface area (Å²) in [5.74, 6) is -0.169. The van der Waals surface area contributed by atoms with Crippen LogP contribution in [-0.2, 0) is 0 Å². The molecule has 0 unspecified atom stereocenters. The van der Waals surface area contributed by atoms with Gasteiger partial charge in [-0.05, 0) is 32.6 Å². The minimum absolute atomic E-state index is 0.0628. The van der Waals surface area contributed by atoms with Crippen LogP contribution in [0.4, 0.5) is 19.1 Å². The van der Waals surface area contributed by atoms with Crippen LogP contribution in [0.3, 0.4) is 0 Å². The molecule has 9 nitrogen and oxygen atoms in total. The van der Waals surface area contributed by atoms with Gasteiger partial charge >= 0.3 is 0 Å². The molecule has 12 heteroatoms. The summed E-state index contributed by atoms with van der Waals surface area (Å²) in [6.07, 6.45) is 4.95. The first-order valence-corrected chi connectivity index (χ1v) is 10.5. The summed E-state index contributed by atoms with van der Waals surface area (Å²) in [6, 6.07) is 0.0628. The van der Waals surface area contributed by atoms with E-state index in [0.717, 1.165) is 23.4 Å². The smallest absolute Gasteiger partial charge is 0.280 e. The van der Waals surface area contributed by atoms with Crippen molar-refractivity contribution >= 4 is 17.2 Å². The summed E-state index contributed by atoms with van der Waals surface area (Å²) in [6.45, 7) is 1.82.